The fraction of sp³-hybridized carbons (Fsp3) is 0.118. The molecule has 0 N–H and O–H groups in total. The highest BCUT2D eigenvalue weighted by Crippen LogP contribution is 2.34. The standard InChI is InChI=1S/C17H12O2S/c18-16(13-6-3-4-11-8-9-19-17(11)13)14-10-20-15-7-2-1-5-12(14)15/h1-7,10H,8-9H2. The first kappa shape index (κ1) is 11.7. The number of benzene rings is 2. The van der Waals surface area contributed by atoms with Crippen molar-refractivity contribution in [2.75, 3.05) is 6.61 Å². The van der Waals surface area contributed by atoms with Gasteiger partial charge < -0.3 is 4.74 Å². The van der Waals surface area contributed by atoms with Crippen molar-refractivity contribution in [1.82, 2.24) is 0 Å². The number of thiophene rings is 1. The first-order valence-electron chi connectivity index (χ1n) is 6.60. The lowest BCUT2D eigenvalue weighted by molar-refractivity contribution is 0.103. The number of para-hydroxylation sites is 1. The lowest BCUT2D eigenvalue weighted by atomic mass is 9.99. The van der Waals surface area contributed by atoms with Gasteiger partial charge in [-0.2, -0.15) is 0 Å². The summed E-state index contributed by atoms with van der Waals surface area (Å²) >= 11 is 1.61. The number of fused-ring (bicyclic) bond motifs is 2. The summed E-state index contributed by atoms with van der Waals surface area (Å²) in [5.41, 5.74) is 2.59. The molecule has 0 fully saturated rings. The normalized spacial score (nSPS) is 13.2. The second kappa shape index (κ2) is 4.46. The Morgan fingerprint density at radius 1 is 1.05 bits per heavy atom. The molecule has 2 aromatic carbocycles. The minimum absolute atomic E-state index is 0.0567. The van der Waals surface area contributed by atoms with E-state index in [4.69, 9.17) is 4.74 Å². The van der Waals surface area contributed by atoms with E-state index in [0.29, 0.717) is 12.2 Å². The van der Waals surface area contributed by atoms with E-state index in [1.165, 1.54) is 0 Å². The van der Waals surface area contributed by atoms with Gasteiger partial charge in [-0.1, -0.05) is 30.3 Å². The lowest BCUT2D eigenvalue weighted by Crippen LogP contribution is -2.02. The minimum atomic E-state index is 0.0567. The van der Waals surface area contributed by atoms with Crippen LogP contribution in [0.4, 0.5) is 0 Å². The maximum atomic E-state index is 12.8. The second-order valence-electron chi connectivity index (χ2n) is 4.87. The van der Waals surface area contributed by atoms with Gasteiger partial charge in [0, 0.05) is 27.5 Å². The molecule has 0 saturated carbocycles. The molecule has 3 aromatic rings. The van der Waals surface area contributed by atoms with Gasteiger partial charge in [0.25, 0.3) is 0 Å². The van der Waals surface area contributed by atoms with Crippen molar-refractivity contribution in [1.29, 1.82) is 0 Å². The Morgan fingerprint density at radius 2 is 1.95 bits per heavy atom. The number of rotatable bonds is 2. The van der Waals surface area contributed by atoms with Crippen LogP contribution < -0.4 is 4.74 Å². The van der Waals surface area contributed by atoms with E-state index in [1.807, 2.05) is 47.8 Å². The quantitative estimate of drug-likeness (QED) is 0.661. The Morgan fingerprint density at radius 3 is 2.90 bits per heavy atom. The van der Waals surface area contributed by atoms with Crippen LogP contribution in [0.5, 0.6) is 5.75 Å². The molecule has 3 heteroatoms. The van der Waals surface area contributed by atoms with Crippen LogP contribution in [0.2, 0.25) is 0 Å². The van der Waals surface area contributed by atoms with Gasteiger partial charge in [0.05, 0.1) is 12.2 Å². The fourth-order valence-corrected chi connectivity index (χ4v) is 3.63. The molecule has 2 nitrogen and oxygen atoms in total. The van der Waals surface area contributed by atoms with Crippen molar-refractivity contribution in [3.63, 3.8) is 0 Å². The van der Waals surface area contributed by atoms with E-state index in [0.717, 1.165) is 33.4 Å². The zero-order valence-electron chi connectivity index (χ0n) is 10.8. The van der Waals surface area contributed by atoms with Crippen LogP contribution in [0.1, 0.15) is 21.5 Å². The van der Waals surface area contributed by atoms with E-state index in [9.17, 15) is 4.79 Å². The molecular formula is C17H12O2S. The Bertz CT molecular complexity index is 817. The topological polar surface area (TPSA) is 26.3 Å². The van der Waals surface area contributed by atoms with Crippen molar-refractivity contribution in [2.24, 2.45) is 0 Å². The van der Waals surface area contributed by atoms with Gasteiger partial charge in [-0.05, 0) is 17.7 Å². The zero-order chi connectivity index (χ0) is 13.5. The molecule has 0 radical (unpaired) electrons. The summed E-state index contributed by atoms with van der Waals surface area (Å²) in [6, 6.07) is 13.8. The Kier molecular flexibility index (Phi) is 2.60. The third-order valence-corrected chi connectivity index (χ3v) is 4.65. The average molecular weight is 280 g/mol. The molecule has 0 unspecified atom stereocenters. The highest BCUT2D eigenvalue weighted by Gasteiger charge is 2.22. The summed E-state index contributed by atoms with van der Waals surface area (Å²) in [7, 11) is 0. The molecule has 1 aromatic heterocycles. The number of ketones is 1. The van der Waals surface area contributed by atoms with Crippen LogP contribution in [0.15, 0.2) is 47.8 Å². The zero-order valence-corrected chi connectivity index (χ0v) is 11.6. The van der Waals surface area contributed by atoms with Crippen molar-refractivity contribution in [3.05, 3.63) is 64.5 Å². The maximum absolute atomic E-state index is 12.8. The molecule has 0 aliphatic carbocycles. The second-order valence-corrected chi connectivity index (χ2v) is 5.78. The SMILES string of the molecule is O=C(c1cccc2c1OCC2)c1csc2ccccc12. The van der Waals surface area contributed by atoms with Crippen molar-refractivity contribution in [3.8, 4) is 5.75 Å². The number of carbonyl (C=O) groups is 1. The van der Waals surface area contributed by atoms with Crippen LogP contribution >= 0.6 is 11.3 Å². The molecule has 2 heterocycles. The molecule has 0 atom stereocenters. The Balaban J connectivity index is 1.87. The van der Waals surface area contributed by atoms with Crippen molar-refractivity contribution >= 4 is 27.2 Å². The first-order valence-corrected chi connectivity index (χ1v) is 7.48. The highest BCUT2D eigenvalue weighted by atomic mass is 32.1. The lowest BCUT2D eigenvalue weighted by Gasteiger charge is -2.06. The van der Waals surface area contributed by atoms with E-state index in [-0.39, 0.29) is 5.78 Å². The van der Waals surface area contributed by atoms with Gasteiger partial charge in [-0.25, -0.2) is 0 Å². The van der Waals surface area contributed by atoms with Crippen LogP contribution in [-0.2, 0) is 6.42 Å². The summed E-state index contributed by atoms with van der Waals surface area (Å²) in [5.74, 6) is 0.828. The predicted molar refractivity (Wildman–Crippen MR) is 80.9 cm³/mol. The summed E-state index contributed by atoms with van der Waals surface area (Å²) in [4.78, 5) is 12.8. The molecule has 0 amide bonds. The number of hydrogen-bond acceptors (Lipinski definition) is 3. The van der Waals surface area contributed by atoms with E-state index in [2.05, 4.69) is 0 Å². The molecule has 0 saturated heterocycles. The first-order chi connectivity index (χ1) is 9.84. The van der Waals surface area contributed by atoms with Gasteiger partial charge in [-0.15, -0.1) is 11.3 Å². The largest absolute Gasteiger partial charge is 0.492 e. The van der Waals surface area contributed by atoms with Gasteiger partial charge in [0.1, 0.15) is 5.75 Å². The predicted octanol–water partition coefficient (Wildman–Crippen LogP) is 4.07. The Labute approximate surface area is 120 Å². The number of ether oxygens (including phenoxy) is 1. The third-order valence-electron chi connectivity index (χ3n) is 3.68. The van der Waals surface area contributed by atoms with Crippen molar-refractivity contribution in [2.45, 2.75) is 6.42 Å². The molecule has 1 aliphatic heterocycles. The molecule has 1 aliphatic rings. The molecule has 98 valence electrons. The minimum Gasteiger partial charge on any atom is -0.492 e. The van der Waals surface area contributed by atoms with E-state index >= 15 is 0 Å². The summed E-state index contributed by atoms with van der Waals surface area (Å²) in [6.07, 6.45) is 0.890. The fourth-order valence-electron chi connectivity index (χ4n) is 2.69. The smallest absolute Gasteiger partial charge is 0.198 e. The van der Waals surface area contributed by atoms with Gasteiger partial charge >= 0.3 is 0 Å². The Hall–Kier alpha value is -2.13. The summed E-state index contributed by atoms with van der Waals surface area (Å²) < 4.78 is 6.79. The maximum Gasteiger partial charge on any atom is 0.198 e. The van der Waals surface area contributed by atoms with Crippen molar-refractivity contribution < 1.29 is 9.53 Å². The molecule has 0 bridgehead atoms. The van der Waals surface area contributed by atoms with Gasteiger partial charge in [0.15, 0.2) is 5.78 Å². The van der Waals surface area contributed by atoms with E-state index < -0.39 is 0 Å². The van der Waals surface area contributed by atoms with Crippen LogP contribution in [0, 0.1) is 0 Å². The molecule has 0 spiro atoms. The number of carbonyl (C=O) groups excluding carboxylic acids is 1. The van der Waals surface area contributed by atoms with Crippen LogP contribution in [0.25, 0.3) is 10.1 Å². The molecular weight excluding hydrogens is 268 g/mol. The number of hydrogen-bond donors (Lipinski definition) is 0. The highest BCUT2D eigenvalue weighted by molar-refractivity contribution is 7.17. The molecule has 20 heavy (non-hydrogen) atoms. The van der Waals surface area contributed by atoms with Gasteiger partial charge in [-0.3, -0.25) is 4.79 Å². The van der Waals surface area contributed by atoms with Crippen LogP contribution in [-0.4, -0.2) is 12.4 Å². The monoisotopic (exact) mass is 280 g/mol. The summed E-state index contributed by atoms with van der Waals surface area (Å²) in [5, 5.41) is 2.97. The van der Waals surface area contributed by atoms with Crippen LogP contribution in [0.3, 0.4) is 0 Å². The third kappa shape index (κ3) is 1.67. The van der Waals surface area contributed by atoms with Gasteiger partial charge in [0.2, 0.25) is 0 Å². The molecule has 4 rings (SSSR count). The summed E-state index contributed by atoms with van der Waals surface area (Å²) in [6.45, 7) is 0.671. The van der Waals surface area contributed by atoms with E-state index in [1.54, 1.807) is 11.3 Å². The average Bonchev–Trinajstić information content (AvgIpc) is 3.12.